The minimum absolute atomic E-state index is 0.239. The van der Waals surface area contributed by atoms with Crippen LogP contribution in [0.15, 0.2) is 6.07 Å². The lowest BCUT2D eigenvalue weighted by Crippen LogP contribution is -2.48. The van der Waals surface area contributed by atoms with Gasteiger partial charge in [0.1, 0.15) is 0 Å². The monoisotopic (exact) mass is 240 g/mol. The summed E-state index contributed by atoms with van der Waals surface area (Å²) in [6.45, 7) is 4.52. The minimum atomic E-state index is -0.239. The van der Waals surface area contributed by atoms with Gasteiger partial charge in [-0.1, -0.05) is 0 Å². The molecule has 0 aliphatic heterocycles. The number of rotatable bonds is 5. The van der Waals surface area contributed by atoms with Crippen LogP contribution in [0.2, 0.25) is 0 Å². The van der Waals surface area contributed by atoms with Crippen LogP contribution in [0.1, 0.15) is 13.8 Å². The molecule has 0 aliphatic carbocycles. The third-order valence-electron chi connectivity index (χ3n) is 2.79. The highest BCUT2D eigenvalue weighted by Gasteiger charge is 2.24. The van der Waals surface area contributed by atoms with E-state index in [0.29, 0.717) is 24.3 Å². The molecular weight excluding hydrogens is 220 g/mol. The quantitative estimate of drug-likeness (QED) is 0.815. The number of aromatic nitrogens is 2. The van der Waals surface area contributed by atoms with Crippen molar-refractivity contribution in [3.63, 3.8) is 0 Å². The van der Waals surface area contributed by atoms with E-state index in [1.165, 1.54) is 0 Å². The fourth-order valence-corrected chi connectivity index (χ4v) is 1.16. The van der Waals surface area contributed by atoms with E-state index in [1.54, 1.807) is 20.3 Å². The second kappa shape index (κ2) is 5.18. The van der Waals surface area contributed by atoms with Gasteiger partial charge in [-0.3, -0.25) is 0 Å². The normalized spacial score (nSPS) is 11.2. The summed E-state index contributed by atoms with van der Waals surface area (Å²) in [5.41, 5.74) is 5.49. The molecule has 6 nitrogen and oxygen atoms in total. The first-order valence-electron chi connectivity index (χ1n) is 5.35. The van der Waals surface area contributed by atoms with E-state index in [0.717, 1.165) is 0 Å². The second-order valence-corrected chi connectivity index (χ2v) is 4.33. The van der Waals surface area contributed by atoms with E-state index in [9.17, 15) is 0 Å². The molecule has 0 saturated carbocycles. The van der Waals surface area contributed by atoms with Crippen molar-refractivity contribution in [2.75, 3.05) is 32.7 Å². The number of hydrogen-bond donors (Lipinski definition) is 1. The van der Waals surface area contributed by atoms with Crippen LogP contribution in [0.25, 0.3) is 0 Å². The highest BCUT2D eigenvalue weighted by Crippen LogP contribution is 2.23. The van der Waals surface area contributed by atoms with Gasteiger partial charge in [0.25, 0.3) is 0 Å². The predicted molar refractivity (Wildman–Crippen MR) is 66.7 cm³/mol. The molecule has 0 unspecified atom stereocenters. The minimum Gasteiger partial charge on any atom is -0.481 e. The average Bonchev–Trinajstić information content (AvgIpc) is 2.36. The van der Waals surface area contributed by atoms with Crippen molar-refractivity contribution in [3.8, 4) is 11.8 Å². The fourth-order valence-electron chi connectivity index (χ4n) is 1.16. The third kappa shape index (κ3) is 2.97. The molecule has 0 aromatic carbocycles. The summed E-state index contributed by atoms with van der Waals surface area (Å²) >= 11 is 0. The number of anilines is 1. The highest BCUT2D eigenvalue weighted by atomic mass is 16.5. The van der Waals surface area contributed by atoms with Crippen molar-refractivity contribution in [1.29, 1.82) is 0 Å². The molecule has 0 bridgehead atoms. The van der Waals surface area contributed by atoms with E-state index in [1.807, 2.05) is 25.8 Å². The van der Waals surface area contributed by atoms with E-state index < -0.39 is 0 Å². The molecule has 1 rings (SSSR count). The molecule has 6 heteroatoms. The maximum atomic E-state index is 5.73. The molecule has 1 heterocycles. The number of hydrogen-bond acceptors (Lipinski definition) is 6. The fraction of sp³-hybridized carbons (Fsp3) is 0.636. The first-order chi connectivity index (χ1) is 7.94. The second-order valence-electron chi connectivity index (χ2n) is 4.33. The Hall–Kier alpha value is -1.56. The Labute approximate surface area is 102 Å². The first-order valence-corrected chi connectivity index (χ1v) is 5.35. The van der Waals surface area contributed by atoms with Crippen molar-refractivity contribution < 1.29 is 9.47 Å². The summed E-state index contributed by atoms with van der Waals surface area (Å²) in [7, 11) is 5.00. The van der Waals surface area contributed by atoms with Crippen LogP contribution in [0, 0.1) is 0 Å². The molecule has 0 spiro atoms. The molecule has 0 radical (unpaired) electrons. The van der Waals surface area contributed by atoms with E-state index >= 15 is 0 Å². The number of methoxy groups -OCH3 is 2. The summed E-state index contributed by atoms with van der Waals surface area (Å²) in [6.07, 6.45) is 0. The number of ether oxygens (including phenoxy) is 2. The van der Waals surface area contributed by atoms with Crippen LogP contribution in [-0.2, 0) is 0 Å². The Morgan fingerprint density at radius 1 is 1.24 bits per heavy atom. The largest absolute Gasteiger partial charge is 0.481 e. The third-order valence-corrected chi connectivity index (χ3v) is 2.79. The van der Waals surface area contributed by atoms with Gasteiger partial charge in [0.05, 0.1) is 20.3 Å². The molecule has 1 aromatic heterocycles. The van der Waals surface area contributed by atoms with Crippen LogP contribution in [0.3, 0.4) is 0 Å². The van der Waals surface area contributed by atoms with Crippen molar-refractivity contribution in [3.05, 3.63) is 6.07 Å². The van der Waals surface area contributed by atoms with Gasteiger partial charge >= 0.3 is 0 Å². The molecule has 0 fully saturated rings. The predicted octanol–water partition coefficient (Wildman–Crippen LogP) is 0.667. The smallest absolute Gasteiger partial charge is 0.232 e. The van der Waals surface area contributed by atoms with Crippen molar-refractivity contribution in [2.24, 2.45) is 5.73 Å². The van der Waals surface area contributed by atoms with Gasteiger partial charge in [-0.2, -0.15) is 9.97 Å². The van der Waals surface area contributed by atoms with E-state index in [4.69, 9.17) is 15.2 Å². The SMILES string of the molecule is COc1cc(OC)nc(N(C)C(C)(C)CN)n1. The zero-order chi connectivity index (χ0) is 13.1. The van der Waals surface area contributed by atoms with Crippen LogP contribution in [0.4, 0.5) is 5.95 Å². The summed E-state index contributed by atoms with van der Waals surface area (Å²) in [6, 6.07) is 1.63. The van der Waals surface area contributed by atoms with Gasteiger partial charge in [-0.25, -0.2) is 0 Å². The molecule has 1 aromatic rings. The Balaban J connectivity index is 3.12. The van der Waals surface area contributed by atoms with E-state index in [-0.39, 0.29) is 5.54 Å². The van der Waals surface area contributed by atoms with Crippen LogP contribution in [0.5, 0.6) is 11.8 Å². The van der Waals surface area contributed by atoms with Crippen molar-refractivity contribution in [2.45, 2.75) is 19.4 Å². The topological polar surface area (TPSA) is 73.5 Å². The van der Waals surface area contributed by atoms with Gasteiger partial charge in [-0.15, -0.1) is 0 Å². The Bertz CT molecular complexity index is 359. The molecule has 0 aliphatic rings. The summed E-state index contributed by atoms with van der Waals surface area (Å²) in [4.78, 5) is 10.4. The van der Waals surface area contributed by atoms with E-state index in [2.05, 4.69) is 9.97 Å². The summed E-state index contributed by atoms with van der Waals surface area (Å²) in [5.74, 6) is 1.45. The van der Waals surface area contributed by atoms with Gasteiger partial charge in [0, 0.05) is 19.1 Å². The van der Waals surface area contributed by atoms with Gasteiger partial charge < -0.3 is 20.1 Å². The zero-order valence-electron chi connectivity index (χ0n) is 11.0. The van der Waals surface area contributed by atoms with Crippen LogP contribution < -0.4 is 20.1 Å². The molecule has 96 valence electrons. The highest BCUT2D eigenvalue weighted by molar-refractivity contribution is 5.38. The number of likely N-dealkylation sites (N-methyl/N-ethyl adjacent to an activating group) is 1. The molecule has 0 amide bonds. The maximum Gasteiger partial charge on any atom is 0.232 e. The number of nitrogens with zero attached hydrogens (tertiary/aromatic N) is 3. The standard InChI is InChI=1S/C11H20N4O2/c1-11(2,7-12)15(3)10-13-8(16-4)6-9(14-10)17-5/h6H,7,12H2,1-5H3. The van der Waals surface area contributed by atoms with Crippen LogP contribution >= 0.6 is 0 Å². The lowest BCUT2D eigenvalue weighted by atomic mass is 10.1. The lowest BCUT2D eigenvalue weighted by molar-refractivity contribution is 0.369. The summed E-state index contributed by atoms with van der Waals surface area (Å²) < 4.78 is 10.2. The van der Waals surface area contributed by atoms with Gasteiger partial charge in [0.2, 0.25) is 17.7 Å². The molecule has 17 heavy (non-hydrogen) atoms. The molecule has 2 N–H and O–H groups in total. The zero-order valence-corrected chi connectivity index (χ0v) is 11.0. The van der Waals surface area contributed by atoms with Gasteiger partial charge in [-0.05, 0) is 13.8 Å². The lowest BCUT2D eigenvalue weighted by Gasteiger charge is -2.34. The van der Waals surface area contributed by atoms with Crippen molar-refractivity contribution >= 4 is 5.95 Å². The number of nitrogens with two attached hydrogens (primary N) is 1. The summed E-state index contributed by atoms with van der Waals surface area (Å²) in [5, 5.41) is 0. The Morgan fingerprint density at radius 3 is 2.06 bits per heavy atom. The Kier molecular flexibility index (Phi) is 4.11. The molecule has 0 saturated heterocycles. The van der Waals surface area contributed by atoms with Crippen LogP contribution in [-0.4, -0.2) is 43.3 Å². The van der Waals surface area contributed by atoms with Gasteiger partial charge in [0.15, 0.2) is 0 Å². The average molecular weight is 240 g/mol. The molecule has 0 atom stereocenters. The Morgan fingerprint density at radius 2 is 1.71 bits per heavy atom. The molecular formula is C11H20N4O2. The maximum absolute atomic E-state index is 5.73. The first kappa shape index (κ1) is 13.5. The van der Waals surface area contributed by atoms with Crippen molar-refractivity contribution in [1.82, 2.24) is 9.97 Å².